The molecule has 0 aromatic heterocycles. The summed E-state index contributed by atoms with van der Waals surface area (Å²) in [6.45, 7) is 3.95. The first-order valence-electron chi connectivity index (χ1n) is 6.48. The first-order chi connectivity index (χ1) is 9.56. The number of piperazine rings is 1. The Morgan fingerprint density at radius 3 is 2.20 bits per heavy atom. The summed E-state index contributed by atoms with van der Waals surface area (Å²) in [5, 5.41) is 0. The summed E-state index contributed by atoms with van der Waals surface area (Å²) in [4.78, 5) is 26.7. The van der Waals surface area contributed by atoms with Crippen molar-refractivity contribution in [3.8, 4) is 5.75 Å². The van der Waals surface area contributed by atoms with Crippen LogP contribution >= 0.6 is 22.6 Å². The highest BCUT2D eigenvalue weighted by atomic mass is 127. The number of ether oxygens (including phenoxy) is 1. The molecule has 1 fully saturated rings. The molecule has 2 amide bonds. The standard InChI is InChI=1S/C14H17IN2O3/c1-11(18)16-6-8-17(9-7-16)14(19)10-20-13-4-2-12(15)3-5-13/h2-5H,6-10H2,1H3. The quantitative estimate of drug-likeness (QED) is 0.735. The molecule has 1 saturated heterocycles. The van der Waals surface area contributed by atoms with Gasteiger partial charge in [0.25, 0.3) is 5.91 Å². The van der Waals surface area contributed by atoms with Gasteiger partial charge in [-0.3, -0.25) is 9.59 Å². The maximum atomic E-state index is 12.0. The molecule has 1 heterocycles. The van der Waals surface area contributed by atoms with Gasteiger partial charge in [-0.2, -0.15) is 0 Å². The average Bonchev–Trinajstić information content (AvgIpc) is 2.46. The summed E-state index contributed by atoms with van der Waals surface area (Å²) >= 11 is 2.22. The van der Waals surface area contributed by atoms with E-state index in [4.69, 9.17) is 4.74 Å². The molecule has 1 aliphatic heterocycles. The fraction of sp³-hybridized carbons (Fsp3) is 0.429. The Kier molecular flexibility index (Phi) is 5.22. The Morgan fingerprint density at radius 2 is 1.65 bits per heavy atom. The molecule has 1 aromatic rings. The number of hydrogen-bond donors (Lipinski definition) is 0. The van der Waals surface area contributed by atoms with Crippen molar-refractivity contribution >= 4 is 34.4 Å². The molecule has 0 atom stereocenters. The predicted molar refractivity (Wildman–Crippen MR) is 83.5 cm³/mol. The van der Waals surface area contributed by atoms with E-state index in [9.17, 15) is 9.59 Å². The van der Waals surface area contributed by atoms with E-state index in [0.717, 1.165) is 3.57 Å². The number of hydrogen-bond acceptors (Lipinski definition) is 3. The summed E-state index contributed by atoms with van der Waals surface area (Å²) < 4.78 is 6.60. The van der Waals surface area contributed by atoms with Crippen molar-refractivity contribution in [2.75, 3.05) is 32.8 Å². The molecule has 6 heteroatoms. The lowest BCUT2D eigenvalue weighted by Crippen LogP contribution is -2.51. The van der Waals surface area contributed by atoms with Crippen LogP contribution in [-0.4, -0.2) is 54.4 Å². The third-order valence-corrected chi connectivity index (χ3v) is 3.97. The molecule has 2 rings (SSSR count). The molecular weight excluding hydrogens is 371 g/mol. The molecule has 1 aliphatic rings. The first-order valence-corrected chi connectivity index (χ1v) is 7.56. The van der Waals surface area contributed by atoms with E-state index in [0.29, 0.717) is 31.9 Å². The Hall–Kier alpha value is -1.31. The minimum absolute atomic E-state index is 0.0354. The van der Waals surface area contributed by atoms with Crippen molar-refractivity contribution < 1.29 is 14.3 Å². The number of halogens is 1. The van der Waals surface area contributed by atoms with E-state index in [2.05, 4.69) is 22.6 Å². The Morgan fingerprint density at radius 1 is 1.10 bits per heavy atom. The van der Waals surface area contributed by atoms with Crippen LogP contribution in [0.15, 0.2) is 24.3 Å². The minimum Gasteiger partial charge on any atom is -0.484 e. The average molecular weight is 388 g/mol. The summed E-state index contributed by atoms with van der Waals surface area (Å²) in [6, 6.07) is 7.57. The Labute approximate surface area is 132 Å². The number of carbonyl (C=O) groups is 2. The topological polar surface area (TPSA) is 49.9 Å². The van der Waals surface area contributed by atoms with E-state index in [1.165, 1.54) is 0 Å². The normalized spacial score (nSPS) is 15.1. The van der Waals surface area contributed by atoms with Gasteiger partial charge in [0.2, 0.25) is 5.91 Å². The Balaban J connectivity index is 1.78. The predicted octanol–water partition coefficient (Wildman–Crippen LogP) is 1.36. The molecule has 0 saturated carbocycles. The van der Waals surface area contributed by atoms with Crippen LogP contribution in [0, 0.1) is 3.57 Å². The van der Waals surface area contributed by atoms with Crippen LogP contribution in [0.3, 0.4) is 0 Å². The van der Waals surface area contributed by atoms with Crippen LogP contribution < -0.4 is 4.74 Å². The smallest absolute Gasteiger partial charge is 0.260 e. The van der Waals surface area contributed by atoms with Gasteiger partial charge < -0.3 is 14.5 Å². The molecule has 1 aromatic carbocycles. The summed E-state index contributed by atoms with van der Waals surface area (Å²) in [5.74, 6) is 0.722. The molecule has 0 aliphatic carbocycles. The summed E-state index contributed by atoms with van der Waals surface area (Å²) in [7, 11) is 0. The van der Waals surface area contributed by atoms with Crippen LogP contribution in [0.1, 0.15) is 6.92 Å². The van der Waals surface area contributed by atoms with Crippen LogP contribution in [0.5, 0.6) is 5.75 Å². The molecular formula is C14H17IN2O3. The molecule has 108 valence electrons. The summed E-state index contributed by atoms with van der Waals surface area (Å²) in [6.07, 6.45) is 0. The fourth-order valence-electron chi connectivity index (χ4n) is 2.04. The van der Waals surface area contributed by atoms with Gasteiger partial charge in [0.05, 0.1) is 0 Å². The maximum Gasteiger partial charge on any atom is 0.260 e. The maximum absolute atomic E-state index is 12.0. The molecule has 0 spiro atoms. The summed E-state index contributed by atoms with van der Waals surface area (Å²) in [5.41, 5.74) is 0. The van der Waals surface area contributed by atoms with Gasteiger partial charge in [-0.25, -0.2) is 0 Å². The SMILES string of the molecule is CC(=O)N1CCN(C(=O)COc2ccc(I)cc2)CC1. The van der Waals surface area contributed by atoms with E-state index in [1.807, 2.05) is 24.3 Å². The second-order valence-corrected chi connectivity index (χ2v) is 5.88. The number of nitrogens with zero attached hydrogens (tertiary/aromatic N) is 2. The van der Waals surface area contributed by atoms with E-state index < -0.39 is 0 Å². The number of benzene rings is 1. The Bertz CT molecular complexity index is 482. The number of amides is 2. The largest absolute Gasteiger partial charge is 0.484 e. The molecule has 0 bridgehead atoms. The number of carbonyl (C=O) groups excluding carboxylic acids is 2. The van der Waals surface area contributed by atoms with Gasteiger partial charge in [-0.15, -0.1) is 0 Å². The molecule has 0 radical (unpaired) electrons. The molecule has 20 heavy (non-hydrogen) atoms. The van der Waals surface area contributed by atoms with E-state index in [1.54, 1.807) is 16.7 Å². The van der Waals surface area contributed by atoms with Gasteiger partial charge in [0, 0.05) is 36.7 Å². The fourth-order valence-corrected chi connectivity index (χ4v) is 2.40. The highest BCUT2D eigenvalue weighted by Gasteiger charge is 2.22. The second-order valence-electron chi connectivity index (χ2n) is 4.63. The molecule has 0 unspecified atom stereocenters. The highest BCUT2D eigenvalue weighted by molar-refractivity contribution is 14.1. The zero-order valence-electron chi connectivity index (χ0n) is 11.3. The van der Waals surface area contributed by atoms with E-state index in [-0.39, 0.29) is 18.4 Å². The second kappa shape index (κ2) is 6.92. The van der Waals surface area contributed by atoms with Crippen molar-refractivity contribution in [2.24, 2.45) is 0 Å². The highest BCUT2D eigenvalue weighted by Crippen LogP contribution is 2.13. The van der Waals surface area contributed by atoms with Crippen molar-refractivity contribution in [3.63, 3.8) is 0 Å². The van der Waals surface area contributed by atoms with Gasteiger partial charge in [0.15, 0.2) is 6.61 Å². The third-order valence-electron chi connectivity index (χ3n) is 3.25. The van der Waals surface area contributed by atoms with Gasteiger partial charge in [-0.1, -0.05) is 0 Å². The van der Waals surface area contributed by atoms with Crippen LogP contribution in [0.2, 0.25) is 0 Å². The minimum atomic E-state index is -0.0354. The third kappa shape index (κ3) is 4.09. The van der Waals surface area contributed by atoms with Gasteiger partial charge in [-0.05, 0) is 46.9 Å². The lowest BCUT2D eigenvalue weighted by atomic mass is 10.3. The van der Waals surface area contributed by atoms with Crippen molar-refractivity contribution in [1.29, 1.82) is 0 Å². The lowest BCUT2D eigenvalue weighted by molar-refractivity contribution is -0.139. The van der Waals surface area contributed by atoms with Crippen LogP contribution in [0.4, 0.5) is 0 Å². The monoisotopic (exact) mass is 388 g/mol. The molecule has 0 N–H and O–H groups in total. The lowest BCUT2D eigenvalue weighted by Gasteiger charge is -2.34. The van der Waals surface area contributed by atoms with Crippen molar-refractivity contribution in [3.05, 3.63) is 27.8 Å². The van der Waals surface area contributed by atoms with Crippen molar-refractivity contribution in [2.45, 2.75) is 6.92 Å². The zero-order chi connectivity index (χ0) is 14.5. The van der Waals surface area contributed by atoms with Gasteiger partial charge in [0.1, 0.15) is 5.75 Å². The molecule has 5 nitrogen and oxygen atoms in total. The van der Waals surface area contributed by atoms with Crippen LogP contribution in [-0.2, 0) is 9.59 Å². The number of rotatable bonds is 3. The van der Waals surface area contributed by atoms with Crippen molar-refractivity contribution in [1.82, 2.24) is 9.80 Å². The zero-order valence-corrected chi connectivity index (χ0v) is 13.5. The van der Waals surface area contributed by atoms with Crippen LogP contribution in [0.25, 0.3) is 0 Å². The van der Waals surface area contributed by atoms with Gasteiger partial charge >= 0.3 is 0 Å². The van der Waals surface area contributed by atoms with E-state index >= 15 is 0 Å². The first kappa shape index (κ1) is 15.1.